The van der Waals surface area contributed by atoms with Gasteiger partial charge in [0.1, 0.15) is 5.60 Å². The van der Waals surface area contributed by atoms with Crippen LogP contribution in [0.3, 0.4) is 0 Å². The Kier molecular flexibility index (Phi) is 10.5. The molecule has 27 heavy (non-hydrogen) atoms. The summed E-state index contributed by atoms with van der Waals surface area (Å²) in [4.78, 5) is 25.0. The summed E-state index contributed by atoms with van der Waals surface area (Å²) >= 11 is 0. The van der Waals surface area contributed by atoms with Gasteiger partial charge in [0.05, 0.1) is 12.6 Å². The lowest BCUT2D eigenvalue weighted by Gasteiger charge is -2.23. The van der Waals surface area contributed by atoms with E-state index in [4.69, 9.17) is 4.74 Å². The first kappa shape index (κ1) is 24.1. The van der Waals surface area contributed by atoms with Crippen LogP contribution in [0.4, 0.5) is 4.79 Å². The van der Waals surface area contributed by atoms with Crippen LogP contribution < -0.4 is 5.32 Å². The normalized spacial score (nSPS) is 13.2. The largest absolute Gasteiger partial charge is 0.444 e. The fraction of sp³-hybridized carbons (Fsp3) is 0.333. The van der Waals surface area contributed by atoms with Crippen molar-refractivity contribution in [3.63, 3.8) is 0 Å². The molecule has 0 radical (unpaired) electrons. The first-order valence-corrected chi connectivity index (χ1v) is 8.46. The van der Waals surface area contributed by atoms with Gasteiger partial charge in [-0.05, 0) is 51.0 Å². The highest BCUT2D eigenvalue weighted by Crippen LogP contribution is 2.13. The van der Waals surface area contributed by atoms with Crippen molar-refractivity contribution < 1.29 is 19.4 Å². The van der Waals surface area contributed by atoms with Crippen LogP contribution in [0.2, 0.25) is 0 Å². The van der Waals surface area contributed by atoms with Crippen molar-refractivity contribution >= 4 is 12.0 Å². The number of carbonyl (C=O) groups excluding carboxylic acids is 2. The predicted octanol–water partition coefficient (Wildman–Crippen LogP) is 3.60. The van der Waals surface area contributed by atoms with Gasteiger partial charge in [-0.1, -0.05) is 38.5 Å². The summed E-state index contributed by atoms with van der Waals surface area (Å²) in [6.07, 6.45) is 8.73. The van der Waals surface area contributed by atoms with Gasteiger partial charge in [-0.15, -0.1) is 0 Å². The van der Waals surface area contributed by atoms with Gasteiger partial charge in [0.2, 0.25) is 0 Å². The van der Waals surface area contributed by atoms with Crippen LogP contribution in [0, 0.1) is 0 Å². The Labute approximate surface area is 161 Å². The van der Waals surface area contributed by atoms with Gasteiger partial charge < -0.3 is 15.2 Å². The molecule has 0 spiro atoms. The molecule has 0 aromatic heterocycles. The number of carbonyl (C=O) groups is 2. The third kappa shape index (κ3) is 9.42. The summed E-state index contributed by atoms with van der Waals surface area (Å²) in [5, 5.41) is 12.1. The number of nitrogens with zero attached hydrogens (tertiary/aromatic N) is 1. The second-order valence-corrected chi connectivity index (χ2v) is 6.57. The number of hydrogen-bond donors (Lipinski definition) is 2. The Hall–Kier alpha value is -2.86. The maximum Gasteiger partial charge on any atom is 0.407 e. The molecule has 148 valence electrons. The van der Waals surface area contributed by atoms with Crippen molar-refractivity contribution in [3.8, 4) is 0 Å². The van der Waals surface area contributed by atoms with Gasteiger partial charge in [-0.3, -0.25) is 9.69 Å². The van der Waals surface area contributed by atoms with Crippen molar-refractivity contribution in [1.82, 2.24) is 10.2 Å². The third-order valence-corrected chi connectivity index (χ3v) is 3.24. The molecule has 0 aliphatic rings. The van der Waals surface area contributed by atoms with E-state index < -0.39 is 17.7 Å². The lowest BCUT2D eigenvalue weighted by molar-refractivity contribution is -0.121. The number of nitrogens with one attached hydrogen (secondary N) is 1. The predicted molar refractivity (Wildman–Crippen MR) is 109 cm³/mol. The second-order valence-electron chi connectivity index (χ2n) is 6.57. The van der Waals surface area contributed by atoms with E-state index in [1.165, 1.54) is 23.3 Å². The monoisotopic (exact) mass is 374 g/mol. The number of ether oxygens (including phenoxy) is 1. The summed E-state index contributed by atoms with van der Waals surface area (Å²) in [5.74, 6) is -0.343. The maximum absolute atomic E-state index is 11.9. The Bertz CT molecular complexity index is 639. The molecular formula is C21H30N2O4. The average molecular weight is 374 g/mol. The molecular weight excluding hydrogens is 344 g/mol. The van der Waals surface area contributed by atoms with Crippen molar-refractivity contribution in [2.45, 2.75) is 38.8 Å². The van der Waals surface area contributed by atoms with Crippen molar-refractivity contribution in [3.05, 3.63) is 74.2 Å². The van der Waals surface area contributed by atoms with Gasteiger partial charge in [-0.2, -0.15) is 0 Å². The molecule has 0 aliphatic heterocycles. The molecule has 0 aromatic carbocycles. The Morgan fingerprint density at radius 1 is 1.11 bits per heavy atom. The van der Waals surface area contributed by atoms with Gasteiger partial charge in [0, 0.05) is 11.9 Å². The van der Waals surface area contributed by atoms with Crippen LogP contribution in [0.25, 0.3) is 0 Å². The third-order valence-electron chi connectivity index (χ3n) is 3.24. The smallest absolute Gasteiger partial charge is 0.407 e. The Balaban J connectivity index is 5.31. The molecule has 0 saturated carbocycles. The standard InChI is InChI=1S/C21H30N2O4/c1-8-16(12-13-18(9-2)23(11-4)19(25)10-3)14-17(15-24)22-20(26)27-21(5,6)7/h8-13,17,24H,1-4,14-15H2,5-7H3,(H,22,26)/b16-12+,18-13+. The summed E-state index contributed by atoms with van der Waals surface area (Å²) in [6, 6.07) is -0.546. The average Bonchev–Trinajstić information content (AvgIpc) is 2.60. The van der Waals surface area contributed by atoms with E-state index in [9.17, 15) is 14.7 Å². The lowest BCUT2D eigenvalue weighted by atomic mass is 10.1. The van der Waals surface area contributed by atoms with Crippen LogP contribution >= 0.6 is 0 Å². The number of alkyl carbamates (subject to hydrolysis) is 1. The maximum atomic E-state index is 11.9. The summed E-state index contributed by atoms with van der Waals surface area (Å²) < 4.78 is 5.19. The SMILES string of the molecule is C=CC(=O)N(C=C)/C(C=C)=C/C=C(\C=C)CC(CO)NC(=O)OC(C)(C)C. The van der Waals surface area contributed by atoms with Crippen molar-refractivity contribution in [2.75, 3.05) is 6.61 Å². The van der Waals surface area contributed by atoms with Crippen LogP contribution in [0.15, 0.2) is 74.2 Å². The number of hydrogen-bond acceptors (Lipinski definition) is 4. The van der Waals surface area contributed by atoms with E-state index >= 15 is 0 Å². The molecule has 0 aromatic rings. The zero-order valence-corrected chi connectivity index (χ0v) is 16.4. The first-order chi connectivity index (χ1) is 12.6. The molecule has 0 bridgehead atoms. The van der Waals surface area contributed by atoms with Crippen molar-refractivity contribution in [2.24, 2.45) is 0 Å². The number of allylic oxidation sites excluding steroid dienone is 4. The number of aliphatic hydroxyl groups excluding tert-OH is 1. The fourth-order valence-electron chi connectivity index (χ4n) is 2.00. The second kappa shape index (κ2) is 11.7. The number of aliphatic hydroxyl groups is 1. The molecule has 6 heteroatoms. The molecule has 0 heterocycles. The summed E-state index contributed by atoms with van der Waals surface area (Å²) in [6.45, 7) is 19.5. The zero-order valence-electron chi connectivity index (χ0n) is 16.4. The highest BCUT2D eigenvalue weighted by atomic mass is 16.6. The lowest BCUT2D eigenvalue weighted by Crippen LogP contribution is -2.41. The fourth-order valence-corrected chi connectivity index (χ4v) is 2.00. The molecule has 0 fully saturated rings. The minimum absolute atomic E-state index is 0.268. The molecule has 6 nitrogen and oxygen atoms in total. The molecule has 0 aliphatic carbocycles. The minimum atomic E-state index is -0.630. The molecule has 0 saturated heterocycles. The van der Waals surface area contributed by atoms with Crippen molar-refractivity contribution in [1.29, 1.82) is 0 Å². The highest BCUT2D eigenvalue weighted by molar-refractivity contribution is 5.89. The van der Waals surface area contributed by atoms with E-state index in [0.717, 1.165) is 5.57 Å². The number of rotatable bonds is 10. The van der Waals surface area contributed by atoms with Crippen LogP contribution in [0.1, 0.15) is 27.2 Å². The molecule has 2 amide bonds. The molecule has 1 unspecified atom stereocenters. The minimum Gasteiger partial charge on any atom is -0.444 e. The van der Waals surface area contributed by atoms with Crippen LogP contribution in [-0.4, -0.2) is 40.3 Å². The van der Waals surface area contributed by atoms with Gasteiger partial charge in [-0.25, -0.2) is 4.79 Å². The van der Waals surface area contributed by atoms with E-state index in [-0.39, 0.29) is 12.5 Å². The Morgan fingerprint density at radius 3 is 2.15 bits per heavy atom. The summed E-state index contributed by atoms with van der Waals surface area (Å²) in [5.41, 5.74) is 0.601. The summed E-state index contributed by atoms with van der Waals surface area (Å²) in [7, 11) is 0. The topological polar surface area (TPSA) is 78.9 Å². The molecule has 2 N–H and O–H groups in total. The van der Waals surface area contributed by atoms with Gasteiger partial charge in [0.25, 0.3) is 5.91 Å². The highest BCUT2D eigenvalue weighted by Gasteiger charge is 2.19. The first-order valence-electron chi connectivity index (χ1n) is 8.46. The van der Waals surface area contributed by atoms with Gasteiger partial charge >= 0.3 is 6.09 Å². The van der Waals surface area contributed by atoms with Crippen LogP contribution in [-0.2, 0) is 9.53 Å². The van der Waals surface area contributed by atoms with Gasteiger partial charge in [0.15, 0.2) is 0 Å². The van der Waals surface area contributed by atoms with E-state index in [1.807, 2.05) is 0 Å². The van der Waals surface area contributed by atoms with E-state index in [2.05, 4.69) is 31.6 Å². The Morgan fingerprint density at radius 2 is 1.74 bits per heavy atom. The van der Waals surface area contributed by atoms with E-state index in [0.29, 0.717) is 12.1 Å². The zero-order chi connectivity index (χ0) is 21.0. The number of amides is 2. The quantitative estimate of drug-likeness (QED) is 0.452. The molecule has 1 atom stereocenters. The van der Waals surface area contributed by atoms with Crippen LogP contribution in [0.5, 0.6) is 0 Å². The molecule has 0 rings (SSSR count). The van der Waals surface area contributed by atoms with E-state index in [1.54, 1.807) is 39.0 Å².